The molecule has 2 N–H and O–H groups in total. The Bertz CT molecular complexity index is 901. The molecular formula is C18H16Cl2N4O2. The van der Waals surface area contributed by atoms with Crippen LogP contribution in [0.15, 0.2) is 48.7 Å². The van der Waals surface area contributed by atoms with Crippen molar-refractivity contribution in [2.45, 2.75) is 0 Å². The number of ether oxygens (including phenoxy) is 2. The fourth-order valence-corrected chi connectivity index (χ4v) is 2.82. The first-order valence-corrected chi connectivity index (χ1v) is 8.38. The lowest BCUT2D eigenvalue weighted by Gasteiger charge is -2.13. The van der Waals surface area contributed by atoms with E-state index in [1.807, 2.05) is 18.2 Å². The summed E-state index contributed by atoms with van der Waals surface area (Å²) in [5, 5.41) is 7.32. The van der Waals surface area contributed by atoms with Crippen LogP contribution in [0.25, 0.3) is 0 Å². The summed E-state index contributed by atoms with van der Waals surface area (Å²) in [5.41, 5.74) is 1.42. The number of hydrogen-bond donors (Lipinski definition) is 2. The summed E-state index contributed by atoms with van der Waals surface area (Å²) >= 11 is 12.0. The normalized spacial score (nSPS) is 10.3. The highest BCUT2D eigenvalue weighted by Gasteiger charge is 2.08. The van der Waals surface area contributed by atoms with Crippen LogP contribution in [-0.2, 0) is 0 Å². The molecule has 1 aromatic heterocycles. The molecule has 0 unspecified atom stereocenters. The van der Waals surface area contributed by atoms with Crippen molar-refractivity contribution in [2.75, 3.05) is 24.9 Å². The number of anilines is 4. The predicted molar refractivity (Wildman–Crippen MR) is 105 cm³/mol. The van der Waals surface area contributed by atoms with Gasteiger partial charge in [0.05, 0.1) is 19.9 Å². The summed E-state index contributed by atoms with van der Waals surface area (Å²) in [6, 6.07) is 12.3. The Morgan fingerprint density at radius 1 is 0.885 bits per heavy atom. The van der Waals surface area contributed by atoms with E-state index in [1.165, 1.54) is 0 Å². The Morgan fingerprint density at radius 2 is 1.65 bits per heavy atom. The molecule has 0 amide bonds. The summed E-state index contributed by atoms with van der Waals surface area (Å²) in [4.78, 5) is 8.65. The molecule has 0 bridgehead atoms. The highest BCUT2D eigenvalue weighted by Crippen LogP contribution is 2.31. The van der Waals surface area contributed by atoms with E-state index in [0.717, 1.165) is 5.69 Å². The summed E-state index contributed by atoms with van der Waals surface area (Å²) in [6.07, 6.45) is 1.64. The van der Waals surface area contributed by atoms with Crippen LogP contribution in [0.1, 0.15) is 0 Å². The van der Waals surface area contributed by atoms with Crippen LogP contribution in [0.4, 0.5) is 23.1 Å². The molecule has 3 rings (SSSR count). The van der Waals surface area contributed by atoms with Crippen molar-refractivity contribution in [2.24, 2.45) is 0 Å². The average molecular weight is 391 g/mol. The van der Waals surface area contributed by atoms with E-state index in [9.17, 15) is 0 Å². The molecule has 2 aromatic carbocycles. The zero-order valence-electron chi connectivity index (χ0n) is 14.1. The molecule has 8 heteroatoms. The molecule has 134 valence electrons. The van der Waals surface area contributed by atoms with E-state index >= 15 is 0 Å². The van der Waals surface area contributed by atoms with Crippen molar-refractivity contribution in [1.29, 1.82) is 0 Å². The number of benzene rings is 2. The van der Waals surface area contributed by atoms with Gasteiger partial charge in [-0.25, -0.2) is 4.98 Å². The summed E-state index contributed by atoms with van der Waals surface area (Å²) in [6.45, 7) is 0. The van der Waals surface area contributed by atoms with Gasteiger partial charge in [-0.1, -0.05) is 23.2 Å². The smallest absolute Gasteiger partial charge is 0.229 e. The molecule has 26 heavy (non-hydrogen) atoms. The van der Waals surface area contributed by atoms with Crippen molar-refractivity contribution in [3.8, 4) is 11.5 Å². The van der Waals surface area contributed by atoms with E-state index in [2.05, 4.69) is 20.6 Å². The van der Waals surface area contributed by atoms with Crippen molar-refractivity contribution in [1.82, 2.24) is 9.97 Å². The number of rotatable bonds is 6. The third-order valence-electron chi connectivity index (χ3n) is 3.44. The van der Waals surface area contributed by atoms with Gasteiger partial charge in [0.25, 0.3) is 0 Å². The minimum absolute atomic E-state index is 0.398. The Balaban J connectivity index is 1.83. The average Bonchev–Trinajstić information content (AvgIpc) is 2.61. The van der Waals surface area contributed by atoms with Gasteiger partial charge in [0.1, 0.15) is 17.3 Å². The molecule has 0 saturated heterocycles. The number of halogens is 2. The van der Waals surface area contributed by atoms with Gasteiger partial charge in [0, 0.05) is 28.0 Å². The summed E-state index contributed by atoms with van der Waals surface area (Å²) < 4.78 is 10.6. The van der Waals surface area contributed by atoms with Crippen molar-refractivity contribution >= 4 is 46.3 Å². The summed E-state index contributed by atoms with van der Waals surface area (Å²) in [5.74, 6) is 2.35. The van der Waals surface area contributed by atoms with Crippen molar-refractivity contribution in [3.63, 3.8) is 0 Å². The zero-order chi connectivity index (χ0) is 18.5. The molecule has 0 aliphatic carbocycles. The zero-order valence-corrected chi connectivity index (χ0v) is 15.6. The second-order valence-corrected chi connectivity index (χ2v) is 6.11. The molecule has 0 aliphatic heterocycles. The maximum absolute atomic E-state index is 6.01. The minimum atomic E-state index is 0.398. The van der Waals surface area contributed by atoms with E-state index in [-0.39, 0.29) is 0 Å². The monoisotopic (exact) mass is 390 g/mol. The molecule has 3 aromatic rings. The van der Waals surface area contributed by atoms with Crippen molar-refractivity contribution < 1.29 is 9.47 Å². The molecule has 0 atom stereocenters. The van der Waals surface area contributed by atoms with Gasteiger partial charge >= 0.3 is 0 Å². The lowest BCUT2D eigenvalue weighted by molar-refractivity contribution is 0.405. The highest BCUT2D eigenvalue weighted by atomic mass is 35.5. The molecule has 0 fully saturated rings. The van der Waals surface area contributed by atoms with Crippen LogP contribution < -0.4 is 20.1 Å². The second-order valence-electron chi connectivity index (χ2n) is 5.24. The van der Waals surface area contributed by atoms with Crippen LogP contribution in [-0.4, -0.2) is 24.2 Å². The van der Waals surface area contributed by atoms with Gasteiger partial charge in [-0.05, 0) is 36.4 Å². The molecule has 6 nitrogen and oxygen atoms in total. The Labute approximate surface area is 161 Å². The first-order valence-electron chi connectivity index (χ1n) is 7.62. The maximum atomic E-state index is 6.01. The van der Waals surface area contributed by atoms with Gasteiger partial charge < -0.3 is 20.1 Å². The number of nitrogens with one attached hydrogen (secondary N) is 2. The SMILES string of the molecule is COc1ccc(OC)c(Nc2ccnc(Nc3cc(Cl)cc(Cl)c3)n2)c1. The number of hydrogen-bond acceptors (Lipinski definition) is 6. The van der Waals surface area contributed by atoms with Crippen LogP contribution in [0.5, 0.6) is 11.5 Å². The second kappa shape index (κ2) is 8.12. The number of methoxy groups -OCH3 is 2. The topological polar surface area (TPSA) is 68.3 Å². The standard InChI is InChI=1S/C18H16Cl2N4O2/c1-25-14-3-4-16(26-2)15(10-14)23-17-5-6-21-18(24-17)22-13-8-11(19)7-12(20)9-13/h3-10H,1-2H3,(H2,21,22,23,24). The van der Waals surface area contributed by atoms with Crippen LogP contribution in [0.2, 0.25) is 10.0 Å². The Morgan fingerprint density at radius 3 is 2.35 bits per heavy atom. The van der Waals surface area contributed by atoms with Gasteiger partial charge in [-0.2, -0.15) is 4.98 Å². The summed E-state index contributed by atoms with van der Waals surface area (Å²) in [7, 11) is 3.21. The molecule has 1 heterocycles. The maximum Gasteiger partial charge on any atom is 0.229 e. The largest absolute Gasteiger partial charge is 0.497 e. The Hall–Kier alpha value is -2.70. The van der Waals surface area contributed by atoms with E-state index in [0.29, 0.717) is 39.0 Å². The number of nitrogens with zero attached hydrogens (tertiary/aromatic N) is 2. The van der Waals surface area contributed by atoms with Crippen molar-refractivity contribution in [3.05, 3.63) is 58.7 Å². The lowest BCUT2D eigenvalue weighted by atomic mass is 10.2. The predicted octanol–water partition coefficient (Wildman–Crippen LogP) is 5.29. The van der Waals surface area contributed by atoms with Gasteiger partial charge in [0.2, 0.25) is 5.95 Å². The van der Waals surface area contributed by atoms with Crippen LogP contribution in [0, 0.1) is 0 Å². The van der Waals surface area contributed by atoms with Crippen LogP contribution in [0.3, 0.4) is 0 Å². The van der Waals surface area contributed by atoms with Gasteiger partial charge in [-0.15, -0.1) is 0 Å². The number of aromatic nitrogens is 2. The van der Waals surface area contributed by atoms with Crippen LogP contribution >= 0.6 is 23.2 Å². The molecular weight excluding hydrogens is 375 g/mol. The van der Waals surface area contributed by atoms with Gasteiger partial charge in [-0.3, -0.25) is 0 Å². The highest BCUT2D eigenvalue weighted by molar-refractivity contribution is 6.35. The first-order chi connectivity index (χ1) is 12.6. The quantitative estimate of drug-likeness (QED) is 0.595. The molecule has 0 radical (unpaired) electrons. The lowest BCUT2D eigenvalue weighted by Crippen LogP contribution is -2.01. The third-order valence-corrected chi connectivity index (χ3v) is 3.88. The molecule has 0 saturated carbocycles. The minimum Gasteiger partial charge on any atom is -0.497 e. The van der Waals surface area contributed by atoms with E-state index in [1.54, 1.807) is 44.7 Å². The fourth-order valence-electron chi connectivity index (χ4n) is 2.29. The van der Waals surface area contributed by atoms with Gasteiger partial charge in [0.15, 0.2) is 0 Å². The van der Waals surface area contributed by atoms with E-state index in [4.69, 9.17) is 32.7 Å². The first kappa shape index (κ1) is 18.1. The third kappa shape index (κ3) is 4.47. The molecule has 0 aliphatic rings. The molecule has 0 spiro atoms. The fraction of sp³-hybridized carbons (Fsp3) is 0.111. The van der Waals surface area contributed by atoms with E-state index < -0.39 is 0 Å². The Kier molecular flexibility index (Phi) is 5.65.